The summed E-state index contributed by atoms with van der Waals surface area (Å²) in [5, 5.41) is 1.93. The number of hydrogen-bond acceptors (Lipinski definition) is 2. The minimum Gasteiger partial charge on any atom is -0.319 e. The normalized spacial score (nSPS) is 21.9. The molecule has 0 amide bonds. The van der Waals surface area contributed by atoms with E-state index in [2.05, 4.69) is 11.5 Å². The molecule has 0 unspecified atom stereocenters. The van der Waals surface area contributed by atoms with Crippen LogP contribution in [0.15, 0.2) is 12.3 Å². The minimum absolute atomic E-state index is 0.983. The van der Waals surface area contributed by atoms with Crippen molar-refractivity contribution < 1.29 is 0 Å². The van der Waals surface area contributed by atoms with Crippen LogP contribution >= 0.6 is 0 Å². The lowest BCUT2D eigenvalue weighted by atomic mass is 10.0. The highest BCUT2D eigenvalue weighted by Gasteiger charge is 1.95. The molecule has 0 bridgehead atoms. The number of hydrazine groups is 1. The van der Waals surface area contributed by atoms with Crippen molar-refractivity contribution in [3.05, 3.63) is 12.3 Å². The smallest absolute Gasteiger partial charge is 0.0348 e. The van der Waals surface area contributed by atoms with E-state index in [1.54, 1.807) is 0 Å². The van der Waals surface area contributed by atoms with Crippen LogP contribution in [0.1, 0.15) is 38.5 Å². The van der Waals surface area contributed by atoms with E-state index in [1.165, 1.54) is 38.5 Å². The fraction of sp³-hybridized carbons (Fsp3) is 0.800. The second kappa shape index (κ2) is 6.06. The summed E-state index contributed by atoms with van der Waals surface area (Å²) >= 11 is 0. The molecule has 0 radical (unpaired) electrons. The second-order valence-electron chi connectivity index (χ2n) is 3.48. The Labute approximate surface area is 75.6 Å². The van der Waals surface area contributed by atoms with Crippen molar-refractivity contribution in [1.29, 1.82) is 0 Å². The first-order valence-corrected chi connectivity index (χ1v) is 5.02. The Morgan fingerprint density at radius 1 is 1.00 bits per heavy atom. The van der Waals surface area contributed by atoms with Crippen LogP contribution in [-0.4, -0.2) is 18.6 Å². The van der Waals surface area contributed by atoms with Crippen LogP contribution in [0.25, 0.3) is 0 Å². The van der Waals surface area contributed by atoms with Crippen molar-refractivity contribution >= 4 is 0 Å². The molecule has 1 fully saturated rings. The molecule has 2 rings (SSSR count). The highest BCUT2D eigenvalue weighted by atomic mass is 15.5. The molecular formula is C10H20N2. The molecule has 2 aliphatic rings. The Hall–Kier alpha value is -0.500. The van der Waals surface area contributed by atoms with Gasteiger partial charge < -0.3 is 5.01 Å². The van der Waals surface area contributed by atoms with Gasteiger partial charge in [0.1, 0.15) is 0 Å². The van der Waals surface area contributed by atoms with Gasteiger partial charge in [-0.1, -0.05) is 44.6 Å². The first kappa shape index (κ1) is 9.59. The molecule has 1 saturated carbocycles. The average molecular weight is 168 g/mol. The van der Waals surface area contributed by atoms with Gasteiger partial charge in [-0.3, -0.25) is 0 Å². The molecule has 2 nitrogen and oxygen atoms in total. The largest absolute Gasteiger partial charge is 0.319 e. The number of nitrogens with zero attached hydrogens (tertiary/aromatic N) is 1. The molecule has 1 aliphatic carbocycles. The van der Waals surface area contributed by atoms with Crippen molar-refractivity contribution in [2.75, 3.05) is 13.6 Å². The third kappa shape index (κ3) is 4.39. The molecule has 0 spiro atoms. The molecule has 0 atom stereocenters. The summed E-state index contributed by atoms with van der Waals surface area (Å²) in [6.07, 6.45) is 13.1. The number of rotatable bonds is 0. The Bertz CT molecular complexity index is 116. The monoisotopic (exact) mass is 168 g/mol. The van der Waals surface area contributed by atoms with E-state index in [1.807, 2.05) is 18.3 Å². The summed E-state index contributed by atoms with van der Waals surface area (Å²) in [7, 11) is 1.98. The van der Waals surface area contributed by atoms with Gasteiger partial charge in [-0.05, 0) is 0 Å². The summed E-state index contributed by atoms with van der Waals surface area (Å²) in [5.74, 6) is 0. The van der Waals surface area contributed by atoms with Gasteiger partial charge in [-0.25, -0.2) is 5.43 Å². The van der Waals surface area contributed by atoms with Crippen molar-refractivity contribution in [3.63, 3.8) is 0 Å². The fourth-order valence-corrected chi connectivity index (χ4v) is 1.52. The minimum atomic E-state index is 0.983. The van der Waals surface area contributed by atoms with Crippen LogP contribution in [0, 0.1) is 0 Å². The highest BCUT2D eigenvalue weighted by molar-refractivity contribution is 4.86. The third-order valence-electron chi connectivity index (χ3n) is 2.29. The van der Waals surface area contributed by atoms with E-state index in [0.717, 1.165) is 6.54 Å². The Kier molecular flexibility index (Phi) is 4.85. The summed E-state index contributed by atoms with van der Waals surface area (Å²) in [4.78, 5) is 0. The van der Waals surface area contributed by atoms with Crippen molar-refractivity contribution in [1.82, 2.24) is 10.4 Å². The zero-order valence-electron chi connectivity index (χ0n) is 8.05. The summed E-state index contributed by atoms with van der Waals surface area (Å²) < 4.78 is 0. The lowest BCUT2D eigenvalue weighted by molar-refractivity contribution is 0.374. The first-order valence-electron chi connectivity index (χ1n) is 5.02. The number of nitrogens with one attached hydrogen (secondary N) is 1. The van der Waals surface area contributed by atoms with Crippen LogP contribution in [0.2, 0.25) is 0 Å². The van der Waals surface area contributed by atoms with Crippen LogP contribution < -0.4 is 5.43 Å². The maximum Gasteiger partial charge on any atom is 0.0348 e. The molecule has 2 heteroatoms. The molecule has 1 N–H and O–H groups in total. The van der Waals surface area contributed by atoms with Crippen LogP contribution in [-0.2, 0) is 0 Å². The molecule has 1 aliphatic heterocycles. The van der Waals surface area contributed by atoms with Crippen LogP contribution in [0.3, 0.4) is 0 Å². The van der Waals surface area contributed by atoms with E-state index in [4.69, 9.17) is 0 Å². The van der Waals surface area contributed by atoms with E-state index < -0.39 is 0 Å². The van der Waals surface area contributed by atoms with Gasteiger partial charge in [0, 0.05) is 19.8 Å². The third-order valence-corrected chi connectivity index (χ3v) is 2.29. The SMILES string of the molecule is C1CCCCC1.CN1C=CCN1. The van der Waals surface area contributed by atoms with Crippen LogP contribution in [0.5, 0.6) is 0 Å². The zero-order valence-corrected chi connectivity index (χ0v) is 8.05. The van der Waals surface area contributed by atoms with E-state index >= 15 is 0 Å². The van der Waals surface area contributed by atoms with Crippen molar-refractivity contribution in [3.8, 4) is 0 Å². The Morgan fingerprint density at radius 2 is 1.50 bits per heavy atom. The molecule has 12 heavy (non-hydrogen) atoms. The Morgan fingerprint density at radius 3 is 1.67 bits per heavy atom. The van der Waals surface area contributed by atoms with Gasteiger partial charge >= 0.3 is 0 Å². The van der Waals surface area contributed by atoms with Gasteiger partial charge in [0.2, 0.25) is 0 Å². The van der Waals surface area contributed by atoms with E-state index in [0.29, 0.717) is 0 Å². The zero-order chi connectivity index (χ0) is 8.65. The summed E-state index contributed by atoms with van der Waals surface area (Å²) in [6, 6.07) is 0. The standard InChI is InChI=1S/C6H12.C4H8N2/c1-2-4-6-5-3-1;1-6-4-2-3-5-6/h1-6H2;2,4-5H,3H2,1H3. The predicted molar refractivity (Wildman–Crippen MR) is 52.6 cm³/mol. The van der Waals surface area contributed by atoms with Gasteiger partial charge in [0.25, 0.3) is 0 Å². The van der Waals surface area contributed by atoms with Gasteiger partial charge in [-0.2, -0.15) is 0 Å². The highest BCUT2D eigenvalue weighted by Crippen LogP contribution is 2.15. The molecule has 0 saturated heterocycles. The van der Waals surface area contributed by atoms with Crippen LogP contribution in [0.4, 0.5) is 0 Å². The quantitative estimate of drug-likeness (QED) is 0.597. The molecule has 1 heterocycles. The lowest BCUT2D eigenvalue weighted by Gasteiger charge is -2.05. The maximum absolute atomic E-state index is 3.04. The predicted octanol–water partition coefficient (Wildman–Crippen LogP) is 2.29. The fourth-order valence-electron chi connectivity index (χ4n) is 1.52. The second-order valence-corrected chi connectivity index (χ2v) is 3.48. The summed E-state index contributed by atoms with van der Waals surface area (Å²) in [6.45, 7) is 0.983. The molecular weight excluding hydrogens is 148 g/mol. The molecule has 70 valence electrons. The van der Waals surface area contributed by atoms with Gasteiger partial charge in [-0.15, -0.1) is 0 Å². The van der Waals surface area contributed by atoms with E-state index in [-0.39, 0.29) is 0 Å². The molecule has 0 aromatic rings. The van der Waals surface area contributed by atoms with Gasteiger partial charge in [0.05, 0.1) is 0 Å². The molecule has 0 aromatic carbocycles. The lowest BCUT2D eigenvalue weighted by Crippen LogP contribution is -2.23. The topological polar surface area (TPSA) is 15.3 Å². The number of hydrogen-bond donors (Lipinski definition) is 1. The first-order chi connectivity index (χ1) is 5.89. The Balaban J connectivity index is 0.000000120. The van der Waals surface area contributed by atoms with Gasteiger partial charge in [0.15, 0.2) is 0 Å². The average Bonchev–Trinajstić information content (AvgIpc) is 2.60. The molecule has 0 aromatic heterocycles. The van der Waals surface area contributed by atoms with Crippen molar-refractivity contribution in [2.45, 2.75) is 38.5 Å². The van der Waals surface area contributed by atoms with E-state index in [9.17, 15) is 0 Å². The maximum atomic E-state index is 3.04. The van der Waals surface area contributed by atoms with Crippen molar-refractivity contribution in [2.24, 2.45) is 0 Å². The summed E-state index contributed by atoms with van der Waals surface area (Å²) in [5.41, 5.74) is 3.04.